The van der Waals surface area contributed by atoms with Crippen LogP contribution in [0.1, 0.15) is 30.9 Å². The first-order valence-corrected chi connectivity index (χ1v) is 8.51. The van der Waals surface area contributed by atoms with Gasteiger partial charge in [-0.15, -0.1) is 0 Å². The van der Waals surface area contributed by atoms with Crippen LogP contribution in [-0.2, 0) is 13.0 Å². The molecule has 0 atom stereocenters. The topological polar surface area (TPSA) is 24.5 Å². The third-order valence-electron chi connectivity index (χ3n) is 4.73. The largest absolute Gasteiger partial charge is 0.493 e. The molecule has 2 aliphatic rings. The first kappa shape index (κ1) is 15.1. The van der Waals surface area contributed by atoms with Crippen molar-refractivity contribution in [1.82, 2.24) is 10.2 Å². The van der Waals surface area contributed by atoms with Gasteiger partial charge in [-0.05, 0) is 62.6 Å². The smallest absolute Gasteiger partial charge is 0.127 e. The van der Waals surface area contributed by atoms with E-state index in [-0.39, 0.29) is 0 Å². The Balaban J connectivity index is 1.50. The van der Waals surface area contributed by atoms with E-state index in [1.165, 1.54) is 43.6 Å². The molecule has 1 aromatic rings. The standard InChI is InChI=1S/C17H25ClN2O/c1-2-20-6-3-13(4-7-20)11-19-12-15-10-16(18)9-14-5-8-21-17(14)15/h9-10,13,19H,2-8,11-12H2,1H3. The van der Waals surface area contributed by atoms with Gasteiger partial charge in [-0.1, -0.05) is 18.5 Å². The minimum Gasteiger partial charge on any atom is -0.493 e. The molecule has 2 heterocycles. The van der Waals surface area contributed by atoms with E-state index < -0.39 is 0 Å². The van der Waals surface area contributed by atoms with E-state index in [1.807, 2.05) is 12.1 Å². The molecule has 0 amide bonds. The number of hydrogen-bond acceptors (Lipinski definition) is 3. The Morgan fingerprint density at radius 1 is 1.33 bits per heavy atom. The normalized spacial score (nSPS) is 19.5. The van der Waals surface area contributed by atoms with E-state index in [2.05, 4.69) is 17.1 Å². The zero-order valence-corrected chi connectivity index (χ0v) is 13.6. The van der Waals surface area contributed by atoms with E-state index >= 15 is 0 Å². The molecule has 0 saturated carbocycles. The minimum absolute atomic E-state index is 0.790. The average Bonchev–Trinajstić information content (AvgIpc) is 2.96. The lowest BCUT2D eigenvalue weighted by Crippen LogP contribution is -2.36. The molecule has 0 unspecified atom stereocenters. The summed E-state index contributed by atoms with van der Waals surface area (Å²) in [5, 5.41) is 4.43. The Bertz CT molecular complexity index is 484. The van der Waals surface area contributed by atoms with Crippen LogP contribution in [-0.4, -0.2) is 37.7 Å². The highest BCUT2D eigenvalue weighted by Gasteiger charge is 2.19. The van der Waals surface area contributed by atoms with Gasteiger partial charge in [0.2, 0.25) is 0 Å². The van der Waals surface area contributed by atoms with Crippen LogP contribution in [0.4, 0.5) is 0 Å². The Morgan fingerprint density at radius 3 is 2.90 bits per heavy atom. The average molecular weight is 309 g/mol. The van der Waals surface area contributed by atoms with Crippen molar-refractivity contribution >= 4 is 11.6 Å². The highest BCUT2D eigenvalue weighted by Crippen LogP contribution is 2.32. The fourth-order valence-corrected chi connectivity index (χ4v) is 3.66. The zero-order valence-electron chi connectivity index (χ0n) is 12.8. The van der Waals surface area contributed by atoms with Crippen LogP contribution in [0, 0.1) is 5.92 Å². The van der Waals surface area contributed by atoms with Crippen molar-refractivity contribution < 1.29 is 4.74 Å². The van der Waals surface area contributed by atoms with Gasteiger partial charge in [-0.25, -0.2) is 0 Å². The molecular formula is C17H25ClN2O. The summed E-state index contributed by atoms with van der Waals surface area (Å²) >= 11 is 6.20. The van der Waals surface area contributed by atoms with Gasteiger partial charge in [0, 0.05) is 23.6 Å². The number of halogens is 1. The molecule has 21 heavy (non-hydrogen) atoms. The number of nitrogens with zero attached hydrogens (tertiary/aromatic N) is 1. The third kappa shape index (κ3) is 3.71. The first-order chi connectivity index (χ1) is 10.3. The predicted molar refractivity (Wildman–Crippen MR) is 87.2 cm³/mol. The quantitative estimate of drug-likeness (QED) is 0.904. The molecule has 116 valence electrons. The van der Waals surface area contributed by atoms with Crippen LogP contribution < -0.4 is 10.1 Å². The Labute approximate surface area is 132 Å². The number of rotatable bonds is 5. The van der Waals surface area contributed by atoms with Crippen molar-refractivity contribution in [2.75, 3.05) is 32.8 Å². The van der Waals surface area contributed by atoms with Crippen LogP contribution in [0.25, 0.3) is 0 Å². The summed E-state index contributed by atoms with van der Waals surface area (Å²) in [4.78, 5) is 2.54. The molecule has 1 saturated heterocycles. The number of likely N-dealkylation sites (tertiary alicyclic amines) is 1. The van der Waals surface area contributed by atoms with Gasteiger partial charge in [0.25, 0.3) is 0 Å². The van der Waals surface area contributed by atoms with E-state index in [0.29, 0.717) is 0 Å². The van der Waals surface area contributed by atoms with E-state index in [0.717, 1.165) is 42.8 Å². The van der Waals surface area contributed by atoms with Gasteiger partial charge < -0.3 is 15.0 Å². The molecular weight excluding hydrogens is 284 g/mol. The summed E-state index contributed by atoms with van der Waals surface area (Å²) in [6, 6.07) is 4.08. The maximum Gasteiger partial charge on any atom is 0.127 e. The second kappa shape index (κ2) is 6.99. The lowest BCUT2D eigenvalue weighted by Gasteiger charge is -2.31. The lowest BCUT2D eigenvalue weighted by molar-refractivity contribution is 0.190. The van der Waals surface area contributed by atoms with Gasteiger partial charge in [0.05, 0.1) is 6.61 Å². The maximum atomic E-state index is 6.20. The molecule has 0 bridgehead atoms. The van der Waals surface area contributed by atoms with Crippen LogP contribution >= 0.6 is 11.6 Å². The Morgan fingerprint density at radius 2 is 2.14 bits per heavy atom. The molecule has 0 aromatic heterocycles. The fraction of sp³-hybridized carbons (Fsp3) is 0.647. The number of piperidine rings is 1. The highest BCUT2D eigenvalue weighted by molar-refractivity contribution is 6.30. The molecule has 3 nitrogen and oxygen atoms in total. The molecule has 0 spiro atoms. The third-order valence-corrected chi connectivity index (χ3v) is 4.95. The summed E-state index contributed by atoms with van der Waals surface area (Å²) in [6.45, 7) is 8.68. The summed E-state index contributed by atoms with van der Waals surface area (Å²) in [6.07, 6.45) is 3.61. The molecule has 1 aromatic carbocycles. The van der Waals surface area contributed by atoms with Crippen molar-refractivity contribution in [2.24, 2.45) is 5.92 Å². The summed E-state index contributed by atoms with van der Waals surface area (Å²) in [5.41, 5.74) is 2.47. The number of nitrogens with one attached hydrogen (secondary N) is 1. The SMILES string of the molecule is CCN1CCC(CNCc2cc(Cl)cc3c2OCC3)CC1. The predicted octanol–water partition coefficient (Wildman–Crippen LogP) is 3.10. The van der Waals surface area contributed by atoms with Crippen LogP contribution in [0.5, 0.6) is 5.75 Å². The monoisotopic (exact) mass is 308 g/mol. The molecule has 3 rings (SSSR count). The molecule has 0 aliphatic carbocycles. The van der Waals surface area contributed by atoms with E-state index in [9.17, 15) is 0 Å². The van der Waals surface area contributed by atoms with Gasteiger partial charge >= 0.3 is 0 Å². The molecule has 1 fully saturated rings. The van der Waals surface area contributed by atoms with Crippen molar-refractivity contribution in [3.8, 4) is 5.75 Å². The summed E-state index contributed by atoms with van der Waals surface area (Å²) in [5.74, 6) is 1.87. The minimum atomic E-state index is 0.790. The van der Waals surface area contributed by atoms with Crippen LogP contribution in [0.3, 0.4) is 0 Å². The van der Waals surface area contributed by atoms with Crippen molar-refractivity contribution in [1.29, 1.82) is 0 Å². The molecule has 0 radical (unpaired) electrons. The maximum absolute atomic E-state index is 6.20. The fourth-order valence-electron chi connectivity index (χ4n) is 3.40. The number of benzene rings is 1. The number of ether oxygens (including phenoxy) is 1. The van der Waals surface area contributed by atoms with Gasteiger partial charge in [0.15, 0.2) is 0 Å². The molecule has 2 aliphatic heterocycles. The van der Waals surface area contributed by atoms with E-state index in [4.69, 9.17) is 16.3 Å². The number of fused-ring (bicyclic) bond motifs is 1. The Hall–Kier alpha value is -0.770. The molecule has 4 heteroatoms. The first-order valence-electron chi connectivity index (χ1n) is 8.13. The van der Waals surface area contributed by atoms with Crippen molar-refractivity contribution in [3.05, 3.63) is 28.3 Å². The van der Waals surface area contributed by atoms with E-state index in [1.54, 1.807) is 0 Å². The van der Waals surface area contributed by atoms with Gasteiger partial charge in [-0.2, -0.15) is 0 Å². The molecule has 1 N–H and O–H groups in total. The second-order valence-corrected chi connectivity index (χ2v) is 6.60. The highest BCUT2D eigenvalue weighted by atomic mass is 35.5. The summed E-state index contributed by atoms with van der Waals surface area (Å²) < 4.78 is 5.75. The van der Waals surface area contributed by atoms with Crippen LogP contribution in [0.15, 0.2) is 12.1 Å². The lowest BCUT2D eigenvalue weighted by atomic mass is 9.96. The zero-order chi connectivity index (χ0) is 14.7. The summed E-state index contributed by atoms with van der Waals surface area (Å²) in [7, 11) is 0. The van der Waals surface area contributed by atoms with Crippen molar-refractivity contribution in [2.45, 2.75) is 32.7 Å². The van der Waals surface area contributed by atoms with Crippen molar-refractivity contribution in [3.63, 3.8) is 0 Å². The second-order valence-electron chi connectivity index (χ2n) is 6.16. The van der Waals surface area contributed by atoms with Crippen LogP contribution in [0.2, 0.25) is 5.02 Å². The number of hydrogen-bond donors (Lipinski definition) is 1. The van der Waals surface area contributed by atoms with Gasteiger partial charge in [-0.3, -0.25) is 0 Å². The van der Waals surface area contributed by atoms with Gasteiger partial charge in [0.1, 0.15) is 5.75 Å². The Kier molecular flexibility index (Phi) is 5.04.